The first kappa shape index (κ1) is 26.0. The molecule has 1 aromatic carbocycles. The summed E-state index contributed by atoms with van der Waals surface area (Å²) in [4.78, 5) is 23.6. The molecule has 1 saturated heterocycles. The van der Waals surface area contributed by atoms with Gasteiger partial charge in [-0.05, 0) is 83.1 Å². The van der Waals surface area contributed by atoms with Gasteiger partial charge in [0.15, 0.2) is 5.82 Å². The predicted octanol–water partition coefficient (Wildman–Crippen LogP) is 5.48. The van der Waals surface area contributed by atoms with Gasteiger partial charge in [0.25, 0.3) is 0 Å². The van der Waals surface area contributed by atoms with Gasteiger partial charge in [0.2, 0.25) is 0 Å². The van der Waals surface area contributed by atoms with Crippen molar-refractivity contribution in [1.29, 1.82) is 0 Å². The van der Waals surface area contributed by atoms with Crippen LogP contribution < -0.4 is 4.74 Å². The number of aromatic nitrogens is 5. The summed E-state index contributed by atoms with van der Waals surface area (Å²) in [5.41, 5.74) is 2.45. The molecule has 2 aliphatic rings. The summed E-state index contributed by atoms with van der Waals surface area (Å²) in [6.45, 7) is 10.1. The highest BCUT2D eigenvalue weighted by Gasteiger charge is 2.35. The molecule has 9 heteroatoms. The molecule has 1 fully saturated rings. The van der Waals surface area contributed by atoms with E-state index in [0.717, 1.165) is 79.7 Å². The van der Waals surface area contributed by atoms with Gasteiger partial charge in [-0.25, -0.2) is 19.4 Å². The number of hydrogen-bond donors (Lipinski definition) is 0. The van der Waals surface area contributed by atoms with Crippen molar-refractivity contribution in [2.45, 2.75) is 71.4 Å². The molecule has 1 atom stereocenters. The van der Waals surface area contributed by atoms with Crippen LogP contribution in [0.1, 0.15) is 75.3 Å². The number of fused-ring (bicyclic) bond motifs is 1. The Morgan fingerprint density at radius 1 is 1.11 bits per heavy atom. The Morgan fingerprint density at radius 3 is 2.58 bits per heavy atom. The minimum absolute atomic E-state index is 0.208. The average Bonchev–Trinajstić information content (AvgIpc) is 3.52. The Bertz CT molecular complexity index is 1310. The van der Waals surface area contributed by atoms with Crippen LogP contribution in [0.2, 0.25) is 0 Å². The predicted molar refractivity (Wildman–Crippen MR) is 146 cm³/mol. The highest BCUT2D eigenvalue weighted by molar-refractivity contribution is 5.69. The fraction of sp³-hybridized carbons (Fsp3) is 0.517. The topological polar surface area (TPSA) is 87.3 Å². The molecule has 38 heavy (non-hydrogen) atoms. The number of amides is 1. The van der Waals surface area contributed by atoms with Crippen molar-refractivity contribution >= 4 is 18.2 Å². The molecule has 2 aromatic heterocycles. The minimum Gasteiger partial charge on any atom is -0.495 e. The van der Waals surface area contributed by atoms with Crippen LogP contribution in [-0.4, -0.2) is 61.1 Å². The first-order valence-corrected chi connectivity index (χ1v) is 13.5. The van der Waals surface area contributed by atoms with E-state index in [1.54, 1.807) is 13.4 Å². The maximum absolute atomic E-state index is 12.5. The maximum atomic E-state index is 12.5. The van der Waals surface area contributed by atoms with Crippen molar-refractivity contribution in [2.75, 3.05) is 20.2 Å². The second-order valence-electron chi connectivity index (χ2n) is 11.3. The molecule has 4 heterocycles. The van der Waals surface area contributed by atoms with Gasteiger partial charge < -0.3 is 18.9 Å². The summed E-state index contributed by atoms with van der Waals surface area (Å²) < 4.78 is 15.3. The normalized spacial score (nSPS) is 18.6. The van der Waals surface area contributed by atoms with Crippen LogP contribution in [0.5, 0.6) is 5.75 Å². The lowest BCUT2D eigenvalue weighted by molar-refractivity contribution is 0.0168. The molecule has 0 radical (unpaired) electrons. The summed E-state index contributed by atoms with van der Waals surface area (Å²) in [6.07, 6.45) is 11.7. The molecular weight excluding hydrogens is 480 g/mol. The van der Waals surface area contributed by atoms with E-state index in [0.29, 0.717) is 11.8 Å². The number of methoxy groups -OCH3 is 1. The molecule has 3 aromatic rings. The van der Waals surface area contributed by atoms with Crippen LogP contribution in [0, 0.1) is 12.8 Å². The zero-order chi connectivity index (χ0) is 26.9. The van der Waals surface area contributed by atoms with Crippen molar-refractivity contribution < 1.29 is 14.3 Å². The standard InChI is InChI=1S/C29H38N6O3/c1-20-18-34(19-30-20)24-10-8-21(17-25(24)37-5)9-11-26-31-27-23(7-6-14-35(27)32-26)22-12-15-33(16-13-22)28(36)38-29(2,3)4/h8-11,17-19,22-23H,6-7,12-16H2,1-5H3. The van der Waals surface area contributed by atoms with Crippen LogP contribution in [0.3, 0.4) is 0 Å². The molecule has 1 amide bonds. The number of carbonyl (C=O) groups is 1. The number of carbonyl (C=O) groups excluding carboxylic acids is 1. The second kappa shape index (κ2) is 10.6. The van der Waals surface area contributed by atoms with E-state index in [9.17, 15) is 4.79 Å². The molecule has 0 saturated carbocycles. The highest BCUT2D eigenvalue weighted by Crippen LogP contribution is 2.38. The van der Waals surface area contributed by atoms with E-state index in [-0.39, 0.29) is 6.09 Å². The summed E-state index contributed by atoms with van der Waals surface area (Å²) in [6, 6.07) is 6.10. The van der Waals surface area contributed by atoms with Crippen molar-refractivity contribution in [3.63, 3.8) is 0 Å². The smallest absolute Gasteiger partial charge is 0.410 e. The van der Waals surface area contributed by atoms with E-state index in [4.69, 9.17) is 19.6 Å². The zero-order valence-electron chi connectivity index (χ0n) is 23.1. The minimum atomic E-state index is -0.468. The third-order valence-electron chi connectivity index (χ3n) is 7.31. The van der Waals surface area contributed by atoms with E-state index in [2.05, 4.69) is 15.7 Å². The van der Waals surface area contributed by atoms with Crippen molar-refractivity contribution in [1.82, 2.24) is 29.2 Å². The van der Waals surface area contributed by atoms with Gasteiger partial charge in [0.1, 0.15) is 17.2 Å². The SMILES string of the molecule is COc1cc(C=Cc2nc3n(n2)CCCC3C2CCN(C(=O)OC(C)(C)C)CC2)ccc1-n1cnc(C)c1. The Hall–Kier alpha value is -3.62. The third kappa shape index (κ3) is 5.76. The van der Waals surface area contributed by atoms with Crippen molar-refractivity contribution in [3.05, 3.63) is 53.6 Å². The molecule has 1 unspecified atom stereocenters. The Labute approximate surface area is 224 Å². The lowest BCUT2D eigenvalue weighted by Gasteiger charge is -2.37. The van der Waals surface area contributed by atoms with Crippen molar-refractivity contribution in [2.24, 2.45) is 5.92 Å². The lowest BCUT2D eigenvalue weighted by Crippen LogP contribution is -2.43. The number of piperidine rings is 1. The second-order valence-corrected chi connectivity index (χ2v) is 11.3. The quantitative estimate of drug-likeness (QED) is 0.445. The zero-order valence-corrected chi connectivity index (χ0v) is 23.1. The molecule has 0 aliphatic carbocycles. The van der Waals surface area contributed by atoms with Crippen LogP contribution >= 0.6 is 0 Å². The monoisotopic (exact) mass is 518 g/mol. The summed E-state index contributed by atoms with van der Waals surface area (Å²) >= 11 is 0. The maximum Gasteiger partial charge on any atom is 0.410 e. The van der Waals surface area contributed by atoms with Gasteiger partial charge in [-0.3, -0.25) is 0 Å². The number of nitrogens with zero attached hydrogens (tertiary/aromatic N) is 6. The van der Waals surface area contributed by atoms with Crippen LogP contribution in [0.15, 0.2) is 30.7 Å². The highest BCUT2D eigenvalue weighted by atomic mass is 16.6. The first-order chi connectivity index (χ1) is 18.2. The Kier molecular flexibility index (Phi) is 7.27. The van der Waals surface area contributed by atoms with E-state index in [1.807, 2.05) is 67.6 Å². The number of ether oxygens (including phenoxy) is 2. The largest absolute Gasteiger partial charge is 0.495 e. The first-order valence-electron chi connectivity index (χ1n) is 13.5. The molecule has 5 rings (SSSR count). The summed E-state index contributed by atoms with van der Waals surface area (Å²) in [5, 5.41) is 4.80. The third-order valence-corrected chi connectivity index (χ3v) is 7.31. The average molecular weight is 519 g/mol. The molecule has 0 bridgehead atoms. The van der Waals surface area contributed by atoms with Crippen LogP contribution in [0.4, 0.5) is 4.79 Å². The summed E-state index contributed by atoms with van der Waals surface area (Å²) in [5.74, 6) is 3.45. The molecule has 202 valence electrons. The van der Waals surface area contributed by atoms with E-state index in [1.165, 1.54) is 0 Å². The Balaban J connectivity index is 1.26. The number of benzene rings is 1. The number of hydrogen-bond acceptors (Lipinski definition) is 6. The number of imidazole rings is 1. The Morgan fingerprint density at radius 2 is 1.89 bits per heavy atom. The number of rotatable bonds is 5. The number of aryl methyl sites for hydroxylation is 2. The fourth-order valence-electron chi connectivity index (χ4n) is 5.46. The molecular formula is C29H38N6O3. The molecule has 0 N–H and O–H groups in total. The fourth-order valence-corrected chi connectivity index (χ4v) is 5.46. The van der Waals surface area contributed by atoms with E-state index >= 15 is 0 Å². The molecule has 9 nitrogen and oxygen atoms in total. The molecule has 2 aliphatic heterocycles. The summed E-state index contributed by atoms with van der Waals surface area (Å²) in [7, 11) is 1.68. The van der Waals surface area contributed by atoms with Gasteiger partial charge in [-0.1, -0.05) is 12.1 Å². The molecule has 0 spiro atoms. The lowest BCUT2D eigenvalue weighted by atomic mass is 9.80. The van der Waals surface area contributed by atoms with Crippen LogP contribution in [0.25, 0.3) is 17.8 Å². The van der Waals surface area contributed by atoms with Gasteiger partial charge in [0.05, 0.1) is 24.8 Å². The van der Waals surface area contributed by atoms with Crippen molar-refractivity contribution in [3.8, 4) is 11.4 Å². The van der Waals surface area contributed by atoms with Crippen LogP contribution in [-0.2, 0) is 11.3 Å². The van der Waals surface area contributed by atoms with Gasteiger partial charge in [-0.2, -0.15) is 5.10 Å². The van der Waals surface area contributed by atoms with Gasteiger partial charge in [0, 0.05) is 31.7 Å². The van der Waals surface area contributed by atoms with Gasteiger partial charge >= 0.3 is 6.09 Å². The van der Waals surface area contributed by atoms with E-state index < -0.39 is 5.60 Å². The number of likely N-dealkylation sites (tertiary alicyclic amines) is 1. The van der Waals surface area contributed by atoms with Gasteiger partial charge in [-0.15, -0.1) is 0 Å².